The summed E-state index contributed by atoms with van der Waals surface area (Å²) in [7, 11) is 0. The first-order valence-corrected chi connectivity index (χ1v) is 8.28. The van der Waals surface area contributed by atoms with Crippen LogP contribution in [0.25, 0.3) is 0 Å². The minimum Gasteiger partial charge on any atom is -0.502 e. The first kappa shape index (κ1) is 17.3. The predicted molar refractivity (Wildman–Crippen MR) is 93.3 cm³/mol. The molecule has 1 aromatic carbocycles. The molecule has 2 aromatic rings. The largest absolute Gasteiger partial charge is 0.502 e. The molecule has 0 amide bonds. The number of para-hydroxylation sites is 1. The molecule has 1 aliphatic rings. The Morgan fingerprint density at radius 2 is 2.12 bits per heavy atom. The Morgan fingerprint density at radius 3 is 2.80 bits per heavy atom. The number of aromatic hydroxyl groups is 1. The number of nitrogens with zero attached hydrogens (tertiary/aromatic N) is 4. The number of fused-ring (bicyclic) bond motifs is 1. The second-order valence-corrected chi connectivity index (χ2v) is 7.42. The summed E-state index contributed by atoms with van der Waals surface area (Å²) in [4.78, 5) is 21.7. The summed E-state index contributed by atoms with van der Waals surface area (Å²) in [6, 6.07) is 4.63. The van der Waals surface area contributed by atoms with Crippen LogP contribution in [0.1, 0.15) is 43.4 Å². The summed E-state index contributed by atoms with van der Waals surface area (Å²) in [5.74, 6) is 0.591. The molecule has 0 saturated heterocycles. The van der Waals surface area contributed by atoms with Gasteiger partial charge in [-0.1, -0.05) is 32.9 Å². The van der Waals surface area contributed by atoms with Crippen LogP contribution in [0.15, 0.2) is 24.4 Å². The number of hydrogen-bond acceptors (Lipinski definition) is 6. The van der Waals surface area contributed by atoms with Gasteiger partial charge in [0.2, 0.25) is 0 Å². The van der Waals surface area contributed by atoms with Crippen LogP contribution in [-0.4, -0.2) is 31.4 Å². The number of benzene rings is 1. The topological polar surface area (TPSA) is 92.4 Å². The van der Waals surface area contributed by atoms with Crippen LogP contribution in [0.4, 0.5) is 5.69 Å². The van der Waals surface area contributed by atoms with E-state index in [2.05, 4.69) is 30.7 Å². The first-order chi connectivity index (χ1) is 11.8. The third-order valence-electron chi connectivity index (χ3n) is 4.37. The van der Waals surface area contributed by atoms with Crippen molar-refractivity contribution in [2.24, 2.45) is 0 Å². The third-order valence-corrected chi connectivity index (χ3v) is 4.37. The maximum atomic E-state index is 11.0. The Morgan fingerprint density at radius 1 is 1.36 bits per heavy atom. The lowest BCUT2D eigenvalue weighted by atomic mass is 9.95. The monoisotopic (exact) mass is 342 g/mol. The van der Waals surface area contributed by atoms with Crippen LogP contribution in [0.2, 0.25) is 0 Å². The Balaban J connectivity index is 1.78. The summed E-state index contributed by atoms with van der Waals surface area (Å²) < 4.78 is 0. The zero-order chi connectivity index (χ0) is 18.2. The van der Waals surface area contributed by atoms with Crippen LogP contribution in [-0.2, 0) is 24.9 Å². The molecule has 1 aliphatic heterocycles. The molecule has 0 saturated carbocycles. The lowest BCUT2D eigenvalue weighted by molar-refractivity contribution is -0.385. The summed E-state index contributed by atoms with van der Waals surface area (Å²) in [5.41, 5.74) is 2.36. The van der Waals surface area contributed by atoms with Gasteiger partial charge in [-0.3, -0.25) is 15.0 Å². The third kappa shape index (κ3) is 3.61. The predicted octanol–water partition coefficient (Wildman–Crippen LogP) is 2.95. The van der Waals surface area contributed by atoms with Gasteiger partial charge in [0.25, 0.3) is 0 Å². The van der Waals surface area contributed by atoms with Gasteiger partial charge in [-0.15, -0.1) is 0 Å². The van der Waals surface area contributed by atoms with Gasteiger partial charge in [0.15, 0.2) is 5.75 Å². The Labute approximate surface area is 146 Å². The van der Waals surface area contributed by atoms with Crippen molar-refractivity contribution in [1.29, 1.82) is 0 Å². The van der Waals surface area contributed by atoms with Crippen molar-refractivity contribution in [2.45, 2.75) is 45.7 Å². The molecular weight excluding hydrogens is 320 g/mol. The zero-order valence-electron chi connectivity index (χ0n) is 14.7. The lowest BCUT2D eigenvalue weighted by Crippen LogP contribution is -2.32. The molecule has 3 rings (SSSR count). The quantitative estimate of drug-likeness (QED) is 0.681. The van der Waals surface area contributed by atoms with E-state index < -0.39 is 4.92 Å². The Hall–Kier alpha value is -2.54. The van der Waals surface area contributed by atoms with Gasteiger partial charge >= 0.3 is 5.69 Å². The number of phenolic OH excluding ortho intramolecular Hbond substituents is 1. The van der Waals surface area contributed by atoms with Crippen molar-refractivity contribution >= 4 is 5.69 Å². The number of nitro benzene ring substituents is 1. The fourth-order valence-corrected chi connectivity index (χ4v) is 2.96. The molecule has 0 spiro atoms. The maximum Gasteiger partial charge on any atom is 0.311 e. The molecule has 0 unspecified atom stereocenters. The average molecular weight is 342 g/mol. The van der Waals surface area contributed by atoms with E-state index in [1.807, 2.05) is 6.20 Å². The highest BCUT2D eigenvalue weighted by Crippen LogP contribution is 2.31. The number of aromatic nitrogens is 2. The molecule has 132 valence electrons. The molecule has 1 aromatic heterocycles. The fraction of sp³-hybridized carbons (Fsp3) is 0.444. The van der Waals surface area contributed by atoms with E-state index in [1.54, 1.807) is 12.1 Å². The molecule has 0 aliphatic carbocycles. The lowest BCUT2D eigenvalue weighted by Gasteiger charge is -2.29. The SMILES string of the molecule is CC(C)(C)c1ncc2c(n1)CCN(Cc1cccc([N+](=O)[O-])c1O)C2. The molecule has 7 heteroatoms. The second-order valence-electron chi connectivity index (χ2n) is 7.42. The summed E-state index contributed by atoms with van der Waals surface area (Å²) in [6.07, 6.45) is 2.68. The van der Waals surface area contributed by atoms with E-state index in [0.29, 0.717) is 18.7 Å². The average Bonchev–Trinajstić information content (AvgIpc) is 2.55. The smallest absolute Gasteiger partial charge is 0.311 e. The molecule has 0 atom stereocenters. The molecule has 2 heterocycles. The van der Waals surface area contributed by atoms with Crippen LogP contribution in [0.5, 0.6) is 5.75 Å². The van der Waals surface area contributed by atoms with Crippen molar-refractivity contribution in [1.82, 2.24) is 14.9 Å². The van der Waals surface area contributed by atoms with Crippen molar-refractivity contribution < 1.29 is 10.0 Å². The molecule has 1 N–H and O–H groups in total. The van der Waals surface area contributed by atoms with E-state index in [-0.39, 0.29) is 16.9 Å². The van der Waals surface area contributed by atoms with Gasteiger partial charge in [-0.2, -0.15) is 0 Å². The van der Waals surface area contributed by atoms with Gasteiger partial charge in [-0.25, -0.2) is 9.97 Å². The minimum atomic E-state index is -0.563. The van der Waals surface area contributed by atoms with Gasteiger partial charge in [0, 0.05) is 60.6 Å². The number of phenols is 1. The van der Waals surface area contributed by atoms with Crippen LogP contribution in [0, 0.1) is 10.1 Å². The van der Waals surface area contributed by atoms with Crippen LogP contribution >= 0.6 is 0 Å². The summed E-state index contributed by atoms with van der Waals surface area (Å²) in [5, 5.41) is 21.1. The van der Waals surface area contributed by atoms with Gasteiger partial charge in [0.05, 0.1) is 4.92 Å². The van der Waals surface area contributed by atoms with Crippen molar-refractivity contribution in [2.75, 3.05) is 6.54 Å². The molecular formula is C18H22N4O3. The Kier molecular flexibility index (Phi) is 4.43. The van der Waals surface area contributed by atoms with E-state index in [4.69, 9.17) is 4.98 Å². The van der Waals surface area contributed by atoms with Gasteiger partial charge < -0.3 is 5.11 Å². The van der Waals surface area contributed by atoms with Gasteiger partial charge in [-0.05, 0) is 0 Å². The Bertz CT molecular complexity index is 814. The van der Waals surface area contributed by atoms with E-state index in [0.717, 1.165) is 30.0 Å². The van der Waals surface area contributed by atoms with Crippen LogP contribution in [0.3, 0.4) is 0 Å². The fourth-order valence-electron chi connectivity index (χ4n) is 2.96. The maximum absolute atomic E-state index is 11.0. The summed E-state index contributed by atoms with van der Waals surface area (Å²) in [6.45, 7) is 8.18. The highest BCUT2D eigenvalue weighted by molar-refractivity contribution is 5.50. The number of nitro groups is 1. The standard InChI is InChI=1S/C18H22N4O3/c1-18(2,3)17-19-9-13-11-21(8-7-14(13)20-17)10-12-5-4-6-15(16(12)23)22(24)25/h4-6,9,23H,7-8,10-11H2,1-3H3. The van der Waals surface area contributed by atoms with Crippen LogP contribution < -0.4 is 0 Å². The van der Waals surface area contributed by atoms with Crippen molar-refractivity contribution in [3.63, 3.8) is 0 Å². The molecule has 7 nitrogen and oxygen atoms in total. The highest BCUT2D eigenvalue weighted by Gasteiger charge is 2.24. The van der Waals surface area contributed by atoms with E-state index in [1.165, 1.54) is 6.07 Å². The minimum absolute atomic E-state index is 0.0824. The molecule has 25 heavy (non-hydrogen) atoms. The highest BCUT2D eigenvalue weighted by atomic mass is 16.6. The molecule has 0 bridgehead atoms. The first-order valence-electron chi connectivity index (χ1n) is 8.28. The molecule has 0 fully saturated rings. The number of hydrogen-bond donors (Lipinski definition) is 1. The van der Waals surface area contributed by atoms with E-state index in [9.17, 15) is 15.2 Å². The zero-order valence-corrected chi connectivity index (χ0v) is 14.7. The normalized spacial score (nSPS) is 15.0. The molecule has 0 radical (unpaired) electrons. The van der Waals surface area contributed by atoms with Gasteiger partial charge in [0.1, 0.15) is 5.82 Å². The van der Waals surface area contributed by atoms with Crippen molar-refractivity contribution in [3.05, 3.63) is 57.2 Å². The number of rotatable bonds is 3. The van der Waals surface area contributed by atoms with Crippen molar-refractivity contribution in [3.8, 4) is 5.75 Å². The van der Waals surface area contributed by atoms with E-state index >= 15 is 0 Å². The summed E-state index contributed by atoms with van der Waals surface area (Å²) >= 11 is 0. The second kappa shape index (κ2) is 6.40.